The van der Waals surface area contributed by atoms with Crippen molar-refractivity contribution < 1.29 is 4.79 Å². The largest absolute Gasteiger partial charge is 0.383 e. The summed E-state index contributed by atoms with van der Waals surface area (Å²) in [7, 11) is 0. The number of carbonyl (C=O) groups excluding carboxylic acids is 1. The first-order valence-corrected chi connectivity index (χ1v) is 11.9. The monoisotopic (exact) mass is 486 g/mol. The quantitative estimate of drug-likeness (QED) is 0.401. The van der Waals surface area contributed by atoms with Crippen LogP contribution < -0.4 is 21.9 Å². The van der Waals surface area contributed by atoms with Crippen LogP contribution in [0.1, 0.15) is 61.9 Å². The lowest BCUT2D eigenvalue weighted by Crippen LogP contribution is -2.41. The molecular formula is C24H31ClN6O3. The molecule has 0 fully saturated rings. The van der Waals surface area contributed by atoms with Gasteiger partial charge in [0, 0.05) is 24.3 Å². The fraction of sp³-hybridized carbons (Fsp3) is 0.417. The van der Waals surface area contributed by atoms with Gasteiger partial charge in [0.2, 0.25) is 0 Å². The van der Waals surface area contributed by atoms with E-state index < -0.39 is 17.2 Å². The summed E-state index contributed by atoms with van der Waals surface area (Å²) in [6.07, 6.45) is 7.16. The van der Waals surface area contributed by atoms with Crippen LogP contribution in [0.5, 0.6) is 0 Å². The molecule has 3 N–H and O–H groups in total. The Kier molecular flexibility index (Phi) is 8.70. The fourth-order valence-electron chi connectivity index (χ4n) is 3.73. The summed E-state index contributed by atoms with van der Waals surface area (Å²) in [5.74, 6) is -0.407. The van der Waals surface area contributed by atoms with Crippen LogP contribution in [-0.2, 0) is 13.1 Å². The normalized spacial score (nSPS) is 11.0. The number of aromatic amines is 1. The maximum absolute atomic E-state index is 13.5. The summed E-state index contributed by atoms with van der Waals surface area (Å²) in [5.41, 5.74) is 6.21. The highest BCUT2D eigenvalue weighted by Gasteiger charge is 2.26. The summed E-state index contributed by atoms with van der Waals surface area (Å²) in [6, 6.07) is 7.42. The van der Waals surface area contributed by atoms with Gasteiger partial charge in [0.05, 0.1) is 18.3 Å². The van der Waals surface area contributed by atoms with E-state index in [-0.39, 0.29) is 11.5 Å². The van der Waals surface area contributed by atoms with Crippen LogP contribution in [0.2, 0.25) is 5.02 Å². The number of amides is 1. The highest BCUT2D eigenvalue weighted by molar-refractivity contribution is 6.31. The van der Waals surface area contributed by atoms with E-state index in [2.05, 4.69) is 17.0 Å². The number of hydrogen-bond acceptors (Lipinski definition) is 5. The van der Waals surface area contributed by atoms with Crippen molar-refractivity contribution in [3.63, 3.8) is 0 Å². The van der Waals surface area contributed by atoms with Gasteiger partial charge in [-0.1, -0.05) is 62.9 Å². The van der Waals surface area contributed by atoms with Gasteiger partial charge < -0.3 is 10.6 Å². The number of nitrogens with zero attached hydrogens (tertiary/aromatic N) is 4. The van der Waals surface area contributed by atoms with Gasteiger partial charge in [-0.05, 0) is 24.5 Å². The van der Waals surface area contributed by atoms with Gasteiger partial charge in [0.25, 0.3) is 11.5 Å². The summed E-state index contributed by atoms with van der Waals surface area (Å²) < 4.78 is 2.94. The average Bonchev–Trinajstić information content (AvgIpc) is 3.27. The molecule has 0 bridgehead atoms. The standard InChI is InChI=1S/C24H31ClN6O3/c1-3-5-9-13-30(20-21(26)31(12-6-4-2)24(34)28-22(20)32)23(33)18-14-27-29(16-18)15-17-10-7-8-11-19(17)25/h7-8,10-11,14,16H,3-6,9,12-13,15,26H2,1-2H3,(H,28,32,34). The van der Waals surface area contributed by atoms with E-state index in [1.165, 1.54) is 15.7 Å². The molecule has 0 unspecified atom stereocenters. The van der Waals surface area contributed by atoms with Crippen LogP contribution in [0.15, 0.2) is 46.2 Å². The number of aromatic nitrogens is 4. The first kappa shape index (κ1) is 25.3. The second kappa shape index (κ2) is 11.7. The molecule has 0 radical (unpaired) electrons. The van der Waals surface area contributed by atoms with Crippen LogP contribution in [0.4, 0.5) is 11.5 Å². The Labute approximate surface area is 203 Å². The Bertz CT molecular complexity index is 1250. The van der Waals surface area contributed by atoms with Crippen molar-refractivity contribution in [3.05, 3.63) is 73.6 Å². The van der Waals surface area contributed by atoms with E-state index >= 15 is 0 Å². The molecule has 2 aromatic heterocycles. The first-order valence-electron chi connectivity index (χ1n) is 11.6. The number of carbonyl (C=O) groups is 1. The van der Waals surface area contributed by atoms with Crippen molar-refractivity contribution in [3.8, 4) is 0 Å². The van der Waals surface area contributed by atoms with Crippen molar-refractivity contribution in [2.75, 3.05) is 17.2 Å². The molecule has 0 atom stereocenters. The summed E-state index contributed by atoms with van der Waals surface area (Å²) in [5, 5.41) is 4.91. The first-order chi connectivity index (χ1) is 16.4. The van der Waals surface area contributed by atoms with Gasteiger partial charge in [-0.3, -0.25) is 23.8 Å². The second-order valence-electron chi connectivity index (χ2n) is 8.18. The molecule has 1 aromatic carbocycles. The van der Waals surface area contributed by atoms with E-state index in [0.717, 1.165) is 24.8 Å². The molecule has 3 rings (SSSR count). The molecule has 9 nitrogen and oxygen atoms in total. The molecule has 0 aliphatic rings. The Hall–Kier alpha value is -3.33. The molecule has 0 saturated carbocycles. The number of nitrogens with two attached hydrogens (primary N) is 1. The zero-order valence-corrected chi connectivity index (χ0v) is 20.3. The summed E-state index contributed by atoms with van der Waals surface area (Å²) >= 11 is 6.25. The number of nitrogen functional groups attached to an aromatic ring is 1. The molecule has 182 valence electrons. The third-order valence-electron chi connectivity index (χ3n) is 5.62. The van der Waals surface area contributed by atoms with E-state index in [4.69, 9.17) is 17.3 Å². The fourth-order valence-corrected chi connectivity index (χ4v) is 3.92. The van der Waals surface area contributed by atoms with Crippen LogP contribution in [0.25, 0.3) is 0 Å². The van der Waals surface area contributed by atoms with Gasteiger partial charge in [0.1, 0.15) is 5.82 Å². The SMILES string of the molecule is CCCCCN(C(=O)c1cnn(Cc2ccccc2Cl)c1)c1c(N)n(CCCC)c(=O)[nH]c1=O. The molecule has 0 aliphatic carbocycles. The zero-order chi connectivity index (χ0) is 24.7. The third kappa shape index (κ3) is 5.77. The number of anilines is 2. The minimum atomic E-state index is -0.677. The van der Waals surface area contributed by atoms with E-state index in [0.29, 0.717) is 43.1 Å². The predicted molar refractivity (Wildman–Crippen MR) is 135 cm³/mol. The summed E-state index contributed by atoms with van der Waals surface area (Å²) in [4.78, 5) is 42.4. The highest BCUT2D eigenvalue weighted by Crippen LogP contribution is 2.21. The lowest BCUT2D eigenvalue weighted by Gasteiger charge is -2.24. The topological polar surface area (TPSA) is 119 Å². The minimum absolute atomic E-state index is 0.00402. The van der Waals surface area contributed by atoms with Gasteiger partial charge >= 0.3 is 5.69 Å². The molecule has 0 saturated heterocycles. The van der Waals surface area contributed by atoms with E-state index in [9.17, 15) is 14.4 Å². The van der Waals surface area contributed by atoms with Gasteiger partial charge in [0.15, 0.2) is 5.69 Å². The van der Waals surface area contributed by atoms with Crippen LogP contribution >= 0.6 is 11.6 Å². The number of hydrogen-bond donors (Lipinski definition) is 2. The number of nitrogens with one attached hydrogen (secondary N) is 1. The van der Waals surface area contributed by atoms with Gasteiger partial charge in [-0.2, -0.15) is 5.10 Å². The Morgan fingerprint density at radius 1 is 1.15 bits per heavy atom. The lowest BCUT2D eigenvalue weighted by molar-refractivity contribution is 0.0986. The molecular weight excluding hydrogens is 456 g/mol. The Balaban J connectivity index is 1.96. The van der Waals surface area contributed by atoms with Gasteiger partial charge in [-0.25, -0.2) is 4.79 Å². The molecule has 0 aliphatic heterocycles. The Morgan fingerprint density at radius 3 is 2.59 bits per heavy atom. The minimum Gasteiger partial charge on any atom is -0.383 e. The predicted octanol–water partition coefficient (Wildman–Crippen LogP) is 3.65. The van der Waals surface area contributed by atoms with E-state index in [1.54, 1.807) is 16.9 Å². The van der Waals surface area contributed by atoms with Crippen molar-refractivity contribution in [2.45, 2.75) is 59.0 Å². The molecule has 3 aromatic rings. The molecule has 2 heterocycles. The molecule has 10 heteroatoms. The number of unbranched alkanes of at least 4 members (excludes halogenated alkanes) is 3. The average molecular weight is 487 g/mol. The van der Waals surface area contributed by atoms with Crippen molar-refractivity contribution in [1.29, 1.82) is 0 Å². The van der Waals surface area contributed by atoms with Crippen molar-refractivity contribution in [2.24, 2.45) is 0 Å². The third-order valence-corrected chi connectivity index (χ3v) is 5.99. The Morgan fingerprint density at radius 2 is 1.88 bits per heavy atom. The number of benzene rings is 1. The van der Waals surface area contributed by atoms with Crippen molar-refractivity contribution >= 4 is 29.0 Å². The van der Waals surface area contributed by atoms with Crippen LogP contribution in [0, 0.1) is 0 Å². The van der Waals surface area contributed by atoms with Crippen molar-refractivity contribution in [1.82, 2.24) is 19.3 Å². The highest BCUT2D eigenvalue weighted by atomic mass is 35.5. The molecule has 1 amide bonds. The molecule has 0 spiro atoms. The van der Waals surface area contributed by atoms with Crippen LogP contribution in [0.3, 0.4) is 0 Å². The summed E-state index contributed by atoms with van der Waals surface area (Å²) in [6.45, 7) is 5.10. The maximum atomic E-state index is 13.5. The van der Waals surface area contributed by atoms with E-state index in [1.807, 2.05) is 25.1 Å². The number of halogens is 1. The second-order valence-corrected chi connectivity index (χ2v) is 8.59. The smallest absolute Gasteiger partial charge is 0.330 e. The lowest BCUT2D eigenvalue weighted by atomic mass is 10.2. The van der Waals surface area contributed by atoms with Crippen LogP contribution in [-0.4, -0.2) is 31.8 Å². The number of H-pyrrole nitrogens is 1. The zero-order valence-electron chi connectivity index (χ0n) is 19.6. The molecule has 34 heavy (non-hydrogen) atoms. The number of rotatable bonds is 11. The van der Waals surface area contributed by atoms with Gasteiger partial charge in [-0.15, -0.1) is 0 Å². The maximum Gasteiger partial charge on any atom is 0.330 e.